The van der Waals surface area contributed by atoms with Gasteiger partial charge in [0.2, 0.25) is 0 Å². The minimum Gasteiger partial charge on any atom is -0.491 e. The summed E-state index contributed by atoms with van der Waals surface area (Å²) in [5, 5.41) is 3.14. The van der Waals surface area contributed by atoms with Crippen LogP contribution in [0.5, 0.6) is 5.75 Å². The predicted octanol–water partition coefficient (Wildman–Crippen LogP) is 1.81. The van der Waals surface area contributed by atoms with Crippen molar-refractivity contribution in [2.75, 3.05) is 13.7 Å². The van der Waals surface area contributed by atoms with E-state index in [0.29, 0.717) is 17.4 Å². The Morgan fingerprint density at radius 1 is 1.53 bits per heavy atom. The van der Waals surface area contributed by atoms with Crippen LogP contribution in [0.2, 0.25) is 0 Å². The second-order valence-corrected chi connectivity index (χ2v) is 4.74. The lowest BCUT2D eigenvalue weighted by atomic mass is 10.2. The molecular formula is C14H18FNO3. The number of ether oxygens (including phenoxy) is 2. The molecule has 0 amide bonds. The van der Waals surface area contributed by atoms with Crippen LogP contribution in [0.15, 0.2) is 18.2 Å². The molecule has 1 aliphatic rings. The lowest BCUT2D eigenvalue weighted by molar-refractivity contribution is -0.144. The molecule has 0 radical (unpaired) electrons. The monoisotopic (exact) mass is 267 g/mol. The van der Waals surface area contributed by atoms with Gasteiger partial charge in [0.25, 0.3) is 0 Å². The lowest BCUT2D eigenvalue weighted by Crippen LogP contribution is -2.43. The molecule has 0 aliphatic heterocycles. The highest BCUT2D eigenvalue weighted by Gasteiger charge is 2.29. The van der Waals surface area contributed by atoms with E-state index in [1.807, 2.05) is 0 Å². The second-order valence-electron chi connectivity index (χ2n) is 4.74. The molecule has 1 unspecified atom stereocenters. The van der Waals surface area contributed by atoms with Gasteiger partial charge >= 0.3 is 5.97 Å². The van der Waals surface area contributed by atoms with E-state index in [1.165, 1.54) is 13.2 Å². The van der Waals surface area contributed by atoms with Crippen molar-refractivity contribution < 1.29 is 18.7 Å². The largest absolute Gasteiger partial charge is 0.491 e. The van der Waals surface area contributed by atoms with Gasteiger partial charge in [0.15, 0.2) is 0 Å². The first-order valence-electron chi connectivity index (χ1n) is 6.33. The van der Waals surface area contributed by atoms with Gasteiger partial charge in [-0.05, 0) is 31.4 Å². The number of carbonyl (C=O) groups is 1. The zero-order chi connectivity index (χ0) is 13.8. The van der Waals surface area contributed by atoms with E-state index in [1.54, 1.807) is 19.1 Å². The predicted molar refractivity (Wildman–Crippen MR) is 68.6 cm³/mol. The van der Waals surface area contributed by atoms with Crippen LogP contribution < -0.4 is 10.1 Å². The fraction of sp³-hybridized carbons (Fsp3) is 0.500. The first kappa shape index (κ1) is 13.8. The Kier molecular flexibility index (Phi) is 4.37. The molecule has 1 atom stereocenters. The Bertz CT molecular complexity index is 460. The number of halogens is 1. The van der Waals surface area contributed by atoms with E-state index in [4.69, 9.17) is 9.47 Å². The van der Waals surface area contributed by atoms with E-state index in [-0.39, 0.29) is 18.4 Å². The Morgan fingerprint density at radius 3 is 2.84 bits per heavy atom. The molecule has 1 aliphatic carbocycles. The molecule has 1 aromatic carbocycles. The summed E-state index contributed by atoms with van der Waals surface area (Å²) >= 11 is 0. The highest BCUT2D eigenvalue weighted by molar-refractivity contribution is 5.75. The quantitative estimate of drug-likeness (QED) is 0.798. The molecule has 0 aromatic heterocycles. The number of methoxy groups -OCH3 is 1. The van der Waals surface area contributed by atoms with Gasteiger partial charge in [0, 0.05) is 12.1 Å². The van der Waals surface area contributed by atoms with Gasteiger partial charge in [-0.15, -0.1) is 0 Å². The smallest absolute Gasteiger partial charge is 0.326 e. The molecule has 1 aromatic rings. The Balaban J connectivity index is 1.93. The number of benzene rings is 1. The molecule has 1 N–H and O–H groups in total. The minimum absolute atomic E-state index is 0.131. The second kappa shape index (κ2) is 6.02. The van der Waals surface area contributed by atoms with E-state index in [9.17, 15) is 9.18 Å². The molecule has 0 bridgehead atoms. The van der Waals surface area contributed by atoms with Gasteiger partial charge in [0.05, 0.1) is 7.11 Å². The molecule has 1 fully saturated rings. The Hall–Kier alpha value is -1.62. The maximum atomic E-state index is 13.4. The highest BCUT2D eigenvalue weighted by Crippen LogP contribution is 2.20. The summed E-state index contributed by atoms with van der Waals surface area (Å²) in [5.41, 5.74) is 0.563. The van der Waals surface area contributed by atoms with Gasteiger partial charge in [0.1, 0.15) is 24.2 Å². The van der Waals surface area contributed by atoms with Crippen LogP contribution >= 0.6 is 0 Å². The molecule has 4 nitrogen and oxygen atoms in total. The molecule has 0 saturated heterocycles. The first-order chi connectivity index (χ1) is 9.10. The summed E-state index contributed by atoms with van der Waals surface area (Å²) in [6.07, 6.45) is 2.12. The van der Waals surface area contributed by atoms with Gasteiger partial charge in [-0.1, -0.05) is 6.07 Å². The molecule has 19 heavy (non-hydrogen) atoms. The van der Waals surface area contributed by atoms with E-state index >= 15 is 0 Å². The standard InChI is InChI=1S/C14H18FNO3/c1-9-3-6-11(7-12(9)15)19-8-13(14(17)18-2)16-10-4-5-10/h3,6-7,10,13,16H,4-5,8H2,1-2H3. The molecule has 104 valence electrons. The van der Waals surface area contributed by atoms with Crippen molar-refractivity contribution in [3.8, 4) is 5.75 Å². The zero-order valence-electron chi connectivity index (χ0n) is 11.1. The summed E-state index contributed by atoms with van der Waals surface area (Å²) in [6, 6.07) is 4.50. The Morgan fingerprint density at radius 2 is 2.26 bits per heavy atom. The molecule has 1 saturated carbocycles. The zero-order valence-corrected chi connectivity index (χ0v) is 11.1. The maximum absolute atomic E-state index is 13.4. The van der Waals surface area contributed by atoms with Crippen molar-refractivity contribution in [2.45, 2.75) is 31.8 Å². The molecular weight excluding hydrogens is 249 g/mol. The van der Waals surface area contributed by atoms with Crippen molar-refractivity contribution in [3.05, 3.63) is 29.6 Å². The van der Waals surface area contributed by atoms with Gasteiger partial charge in [-0.25, -0.2) is 4.39 Å². The third-order valence-electron chi connectivity index (χ3n) is 3.06. The van der Waals surface area contributed by atoms with Gasteiger partial charge < -0.3 is 9.47 Å². The van der Waals surface area contributed by atoms with Crippen LogP contribution in [-0.4, -0.2) is 31.8 Å². The third-order valence-corrected chi connectivity index (χ3v) is 3.06. The SMILES string of the molecule is COC(=O)C(COc1ccc(C)c(F)c1)NC1CC1. The number of rotatable bonds is 6. The van der Waals surface area contributed by atoms with Crippen molar-refractivity contribution in [2.24, 2.45) is 0 Å². The average molecular weight is 267 g/mol. The van der Waals surface area contributed by atoms with Crippen molar-refractivity contribution in [1.29, 1.82) is 0 Å². The summed E-state index contributed by atoms with van der Waals surface area (Å²) in [4.78, 5) is 11.6. The molecule has 5 heteroatoms. The highest BCUT2D eigenvalue weighted by atomic mass is 19.1. The van der Waals surface area contributed by atoms with Crippen LogP contribution in [0.3, 0.4) is 0 Å². The van der Waals surface area contributed by atoms with E-state index < -0.39 is 6.04 Å². The van der Waals surface area contributed by atoms with E-state index in [0.717, 1.165) is 12.8 Å². The summed E-state index contributed by atoms with van der Waals surface area (Å²) in [5.74, 6) is -0.267. The average Bonchev–Trinajstić information content (AvgIpc) is 3.21. The summed E-state index contributed by atoms with van der Waals surface area (Å²) in [6.45, 7) is 1.82. The van der Waals surface area contributed by atoms with Crippen molar-refractivity contribution in [1.82, 2.24) is 5.32 Å². The first-order valence-corrected chi connectivity index (χ1v) is 6.33. The maximum Gasteiger partial charge on any atom is 0.326 e. The van der Waals surface area contributed by atoms with Crippen LogP contribution in [0.25, 0.3) is 0 Å². The van der Waals surface area contributed by atoms with Crippen LogP contribution in [0.1, 0.15) is 18.4 Å². The van der Waals surface area contributed by atoms with Crippen LogP contribution in [0, 0.1) is 12.7 Å². The number of aryl methyl sites for hydroxylation is 1. The normalized spacial score (nSPS) is 15.9. The van der Waals surface area contributed by atoms with Crippen LogP contribution in [0.4, 0.5) is 4.39 Å². The molecule has 2 rings (SSSR count). The Labute approximate surface area is 111 Å². The van der Waals surface area contributed by atoms with Crippen LogP contribution in [-0.2, 0) is 9.53 Å². The number of hydrogen-bond donors (Lipinski definition) is 1. The number of carbonyl (C=O) groups excluding carboxylic acids is 1. The summed E-state index contributed by atoms with van der Waals surface area (Å²) in [7, 11) is 1.34. The van der Waals surface area contributed by atoms with Crippen molar-refractivity contribution >= 4 is 5.97 Å². The lowest BCUT2D eigenvalue weighted by Gasteiger charge is -2.17. The molecule has 0 spiro atoms. The number of hydrogen-bond acceptors (Lipinski definition) is 4. The van der Waals surface area contributed by atoms with Crippen molar-refractivity contribution in [3.63, 3.8) is 0 Å². The van der Waals surface area contributed by atoms with Gasteiger partial charge in [-0.3, -0.25) is 10.1 Å². The number of esters is 1. The fourth-order valence-corrected chi connectivity index (χ4v) is 1.70. The van der Waals surface area contributed by atoms with Gasteiger partial charge in [-0.2, -0.15) is 0 Å². The topological polar surface area (TPSA) is 47.6 Å². The minimum atomic E-state index is -0.512. The van der Waals surface area contributed by atoms with E-state index in [2.05, 4.69) is 5.32 Å². The summed E-state index contributed by atoms with van der Waals surface area (Å²) < 4.78 is 23.5. The third kappa shape index (κ3) is 3.92. The fourth-order valence-electron chi connectivity index (χ4n) is 1.70. The molecule has 0 heterocycles. The number of nitrogens with one attached hydrogen (secondary N) is 1.